The highest BCUT2D eigenvalue weighted by Crippen LogP contribution is 2.59. The van der Waals surface area contributed by atoms with E-state index in [0.29, 0.717) is 89.9 Å². The zero-order valence-corrected chi connectivity index (χ0v) is 42.8. The molecule has 2 unspecified atom stereocenters. The molecule has 75 heavy (non-hydrogen) atoms. The van der Waals surface area contributed by atoms with Crippen molar-refractivity contribution in [2.75, 3.05) is 33.0 Å². The lowest BCUT2D eigenvalue weighted by atomic mass is 9.81. The molecule has 0 saturated heterocycles. The first-order valence-corrected chi connectivity index (χ1v) is 26.2. The van der Waals surface area contributed by atoms with Gasteiger partial charge in [-0.25, -0.2) is 33.6 Å². The van der Waals surface area contributed by atoms with Crippen molar-refractivity contribution in [1.29, 1.82) is 5.26 Å². The number of unbranched alkanes of at least 4 members (excludes halogenated alkanes) is 4. The fraction of sp³-hybridized carbons (Fsp3) is 0.500. The molecule has 402 valence electrons. The molecule has 1 aromatic rings. The van der Waals surface area contributed by atoms with Crippen LogP contribution in [0.25, 0.3) is 0 Å². The number of benzene rings is 1. The third-order valence-electron chi connectivity index (χ3n) is 12.5. The predicted molar refractivity (Wildman–Crippen MR) is 260 cm³/mol. The molecule has 0 radical (unpaired) electrons. The van der Waals surface area contributed by atoms with Gasteiger partial charge in [0.05, 0.1) is 58.9 Å². The molecule has 2 aliphatic carbocycles. The molecule has 0 N–H and O–H groups in total. The van der Waals surface area contributed by atoms with Crippen molar-refractivity contribution in [3.05, 3.63) is 70.9 Å². The van der Waals surface area contributed by atoms with E-state index in [1.807, 2.05) is 6.07 Å². The number of hydrogen-bond acceptors (Lipinski definition) is 23. The van der Waals surface area contributed by atoms with E-state index in [0.717, 1.165) is 48.2 Å². The standard InChI is InChI=1S/C52H57NO20S2/c1-4-39(54)64-23-9-7-11-25-66-43(56)30-13-17-32(18-14-30)50-68-28-35(48(61)72-50)46(59)70-37-21-22-38(42-41(37)74-52(75-42)34(27-53)45(58)63-6-3)71-47(60)36-29-69-51(73-49(36)62)33-19-15-31(16-20-33)44(57)67-26-12-8-10-24-65-40(55)5-2/h4-5,21-22,28-33,50-51H,1-2,6-20,23-26H2,3H3. The van der Waals surface area contributed by atoms with Crippen molar-refractivity contribution in [2.45, 2.75) is 119 Å². The SMILES string of the molecule is C=CC(=O)OCCCCCOC(=O)C1CCC(C2OC=C(C(=O)Oc3ccc(OC(=O)C4=COC(C5CCC(C(=O)OCCCCCOC(=O)C=C)CC5)OC4=O)c4c3SC(=C(C#N)C(=O)OCC)S4)C(=O)O2)CC1. The van der Waals surface area contributed by atoms with Crippen LogP contribution >= 0.6 is 23.5 Å². The Bertz CT molecular complexity index is 2360. The number of nitrogens with zero attached hydrogens (tertiary/aromatic N) is 1. The molecule has 3 heterocycles. The second-order valence-corrected chi connectivity index (χ2v) is 19.8. The van der Waals surface area contributed by atoms with Crippen molar-refractivity contribution >= 4 is 77.2 Å². The van der Waals surface area contributed by atoms with Crippen LogP contribution in [0.2, 0.25) is 0 Å². The lowest BCUT2D eigenvalue weighted by Crippen LogP contribution is -2.37. The fourth-order valence-electron chi connectivity index (χ4n) is 8.37. The van der Waals surface area contributed by atoms with Crippen LogP contribution in [-0.4, -0.2) is 99.3 Å². The maximum atomic E-state index is 13.5. The minimum absolute atomic E-state index is 0.0398. The molecular formula is C52H57NO20S2. The van der Waals surface area contributed by atoms with Crippen molar-refractivity contribution in [1.82, 2.24) is 0 Å². The third kappa shape index (κ3) is 16.0. The number of hydrogen-bond donors (Lipinski definition) is 0. The topological polar surface area (TPSA) is 279 Å². The van der Waals surface area contributed by atoms with Crippen LogP contribution in [-0.2, 0) is 85.8 Å². The van der Waals surface area contributed by atoms with Gasteiger partial charge >= 0.3 is 53.7 Å². The molecule has 3 aliphatic heterocycles. The first-order valence-electron chi connectivity index (χ1n) is 24.6. The van der Waals surface area contributed by atoms with E-state index in [9.17, 15) is 48.4 Å². The molecular weight excluding hydrogens is 1020 g/mol. The minimum Gasteiger partial charge on any atom is -0.465 e. The van der Waals surface area contributed by atoms with Crippen molar-refractivity contribution in [2.24, 2.45) is 23.7 Å². The third-order valence-corrected chi connectivity index (χ3v) is 15.1. The summed E-state index contributed by atoms with van der Waals surface area (Å²) in [6, 6.07) is 4.31. The molecule has 2 saturated carbocycles. The summed E-state index contributed by atoms with van der Waals surface area (Å²) in [7, 11) is 0. The summed E-state index contributed by atoms with van der Waals surface area (Å²) >= 11 is 1.66. The lowest BCUT2D eigenvalue weighted by molar-refractivity contribution is -0.187. The number of carbonyl (C=O) groups is 9. The predicted octanol–water partition coefficient (Wildman–Crippen LogP) is 7.06. The Morgan fingerprint density at radius 3 is 1.37 bits per heavy atom. The van der Waals surface area contributed by atoms with Crippen LogP contribution in [0.1, 0.15) is 96.8 Å². The monoisotopic (exact) mass is 1080 g/mol. The number of fused-ring (bicyclic) bond motifs is 1. The molecule has 21 nitrogen and oxygen atoms in total. The van der Waals surface area contributed by atoms with E-state index in [-0.39, 0.29) is 99.7 Å². The van der Waals surface area contributed by atoms with Crippen LogP contribution in [0.4, 0.5) is 0 Å². The van der Waals surface area contributed by atoms with Crippen molar-refractivity contribution in [3.63, 3.8) is 0 Å². The van der Waals surface area contributed by atoms with E-state index in [1.54, 1.807) is 6.92 Å². The second-order valence-electron chi connectivity index (χ2n) is 17.5. The Balaban J connectivity index is 1.02. The van der Waals surface area contributed by atoms with Crippen molar-refractivity contribution in [3.8, 4) is 17.6 Å². The summed E-state index contributed by atoms with van der Waals surface area (Å²) < 4.78 is 59.6. The summed E-state index contributed by atoms with van der Waals surface area (Å²) in [5.74, 6) is -8.53. The number of rotatable bonds is 24. The Labute approximate surface area is 440 Å². The second kappa shape index (κ2) is 28.6. The number of nitriles is 1. The maximum absolute atomic E-state index is 13.5. The lowest BCUT2D eigenvalue weighted by Gasteiger charge is -2.33. The van der Waals surface area contributed by atoms with E-state index in [2.05, 4.69) is 13.2 Å². The van der Waals surface area contributed by atoms with Gasteiger partial charge in [0.25, 0.3) is 0 Å². The molecule has 2 fully saturated rings. The van der Waals surface area contributed by atoms with Gasteiger partial charge in [-0.05, 0) is 109 Å². The molecule has 23 heteroatoms. The van der Waals surface area contributed by atoms with Crippen molar-refractivity contribution < 1.29 is 95.3 Å². The van der Waals surface area contributed by atoms with Gasteiger partial charge in [-0.3, -0.25) is 9.59 Å². The van der Waals surface area contributed by atoms with E-state index < -0.39 is 65.5 Å². The highest BCUT2D eigenvalue weighted by Gasteiger charge is 2.41. The number of cyclic esters (lactones) is 2. The average Bonchev–Trinajstić information content (AvgIpc) is 3.86. The molecule has 2 atom stereocenters. The van der Waals surface area contributed by atoms with Gasteiger partial charge in [0.1, 0.15) is 30.1 Å². The summed E-state index contributed by atoms with van der Waals surface area (Å²) in [5, 5.41) is 9.94. The van der Waals surface area contributed by atoms with Crippen LogP contribution in [0, 0.1) is 35.0 Å². The van der Waals surface area contributed by atoms with Crippen LogP contribution in [0.15, 0.2) is 80.7 Å². The molecule has 0 bridgehead atoms. The largest absolute Gasteiger partial charge is 0.465 e. The Morgan fingerprint density at radius 1 is 0.613 bits per heavy atom. The van der Waals surface area contributed by atoms with Gasteiger partial charge in [-0.1, -0.05) is 36.7 Å². The molecule has 0 amide bonds. The van der Waals surface area contributed by atoms with Gasteiger partial charge < -0.3 is 52.1 Å². The van der Waals surface area contributed by atoms with Gasteiger partial charge in [0.15, 0.2) is 16.7 Å². The number of carbonyl (C=O) groups excluding carboxylic acids is 9. The number of thioether (sulfide) groups is 2. The van der Waals surface area contributed by atoms with E-state index in [1.165, 1.54) is 12.1 Å². The Kier molecular flexibility index (Phi) is 21.8. The van der Waals surface area contributed by atoms with Gasteiger partial charge in [-0.15, -0.1) is 0 Å². The Morgan fingerprint density at radius 2 is 1.01 bits per heavy atom. The normalized spacial score (nSPS) is 21.7. The smallest absolute Gasteiger partial charge is 0.354 e. The number of ether oxygens (including phenoxy) is 11. The summed E-state index contributed by atoms with van der Waals surface area (Å²) in [5.41, 5.74) is -1.55. The zero-order chi connectivity index (χ0) is 53.9. The molecule has 6 rings (SSSR count). The minimum atomic E-state index is -1.17. The zero-order valence-electron chi connectivity index (χ0n) is 41.2. The molecule has 5 aliphatic rings. The van der Waals surface area contributed by atoms with Crippen LogP contribution < -0.4 is 9.47 Å². The molecule has 0 spiro atoms. The molecule has 1 aromatic carbocycles. The highest BCUT2D eigenvalue weighted by molar-refractivity contribution is 8.24. The summed E-state index contributed by atoms with van der Waals surface area (Å²) in [6.45, 7) is 9.17. The van der Waals surface area contributed by atoms with Gasteiger partial charge in [0.2, 0.25) is 12.6 Å². The van der Waals surface area contributed by atoms with E-state index in [4.69, 9.17) is 52.1 Å². The highest BCUT2D eigenvalue weighted by atomic mass is 32.2. The first kappa shape index (κ1) is 57.2. The fourth-order valence-corrected chi connectivity index (χ4v) is 10.9. The Hall–Kier alpha value is -7.06. The maximum Gasteiger partial charge on any atom is 0.354 e. The van der Waals surface area contributed by atoms with Crippen LogP contribution in [0.5, 0.6) is 11.5 Å². The molecule has 0 aromatic heterocycles. The van der Waals surface area contributed by atoms with Crippen LogP contribution in [0.3, 0.4) is 0 Å². The average molecular weight is 1080 g/mol. The number of esters is 9. The quantitative estimate of drug-likeness (QED) is 0.0190. The first-order chi connectivity index (χ1) is 36.2. The van der Waals surface area contributed by atoms with Gasteiger partial charge in [-0.2, -0.15) is 5.26 Å². The van der Waals surface area contributed by atoms with Gasteiger partial charge in [0, 0.05) is 24.0 Å². The summed E-state index contributed by atoms with van der Waals surface area (Å²) in [6.07, 6.45) is 9.65. The van der Waals surface area contributed by atoms with E-state index >= 15 is 0 Å². The summed E-state index contributed by atoms with van der Waals surface area (Å²) in [4.78, 5) is 114.